The third-order valence-electron chi connectivity index (χ3n) is 6.71. The largest absolute Gasteiger partial charge is 0.0840 e. The van der Waals surface area contributed by atoms with E-state index >= 15 is 0 Å². The molecule has 2 aromatic rings. The summed E-state index contributed by atoms with van der Waals surface area (Å²) in [6, 6.07) is 18.7. The summed E-state index contributed by atoms with van der Waals surface area (Å²) in [6.07, 6.45) is 19.0. The molecular formula is C29H40. The Morgan fingerprint density at radius 1 is 0.759 bits per heavy atom. The summed E-state index contributed by atoms with van der Waals surface area (Å²) in [5, 5.41) is 0. The van der Waals surface area contributed by atoms with Crippen LogP contribution in [-0.4, -0.2) is 0 Å². The number of aryl methyl sites for hydroxylation is 2. The average Bonchev–Trinajstić information content (AvgIpc) is 2.78. The van der Waals surface area contributed by atoms with Crippen LogP contribution in [0.25, 0.3) is 6.08 Å². The lowest BCUT2D eigenvalue weighted by Gasteiger charge is -2.29. The van der Waals surface area contributed by atoms with E-state index in [1.807, 2.05) is 0 Å². The van der Waals surface area contributed by atoms with Gasteiger partial charge in [-0.25, -0.2) is 0 Å². The number of allylic oxidation sites excluding steroid dienone is 1. The minimum Gasteiger partial charge on any atom is -0.0840 e. The van der Waals surface area contributed by atoms with Gasteiger partial charge in [0.05, 0.1) is 0 Å². The summed E-state index contributed by atoms with van der Waals surface area (Å²) in [5.74, 6) is 1.80. The van der Waals surface area contributed by atoms with Crippen LogP contribution in [0.2, 0.25) is 0 Å². The van der Waals surface area contributed by atoms with Crippen molar-refractivity contribution in [3.63, 3.8) is 0 Å². The zero-order valence-electron chi connectivity index (χ0n) is 18.7. The van der Waals surface area contributed by atoms with Gasteiger partial charge in [-0.2, -0.15) is 0 Å². The van der Waals surface area contributed by atoms with Crippen LogP contribution < -0.4 is 0 Å². The molecule has 156 valence electrons. The summed E-state index contributed by atoms with van der Waals surface area (Å²) >= 11 is 0. The summed E-state index contributed by atoms with van der Waals surface area (Å²) in [5.41, 5.74) is 5.80. The first-order valence-corrected chi connectivity index (χ1v) is 12.1. The molecule has 1 aliphatic rings. The van der Waals surface area contributed by atoms with E-state index in [2.05, 4.69) is 74.5 Å². The monoisotopic (exact) mass is 388 g/mol. The second kappa shape index (κ2) is 12.0. The maximum absolute atomic E-state index is 2.41. The number of unbranched alkanes of at least 4 members (excludes halogenated alkanes) is 2. The van der Waals surface area contributed by atoms with Crippen LogP contribution in [0, 0.1) is 5.92 Å². The second-order valence-corrected chi connectivity index (χ2v) is 9.03. The van der Waals surface area contributed by atoms with Gasteiger partial charge in [0.2, 0.25) is 0 Å². The van der Waals surface area contributed by atoms with Crippen molar-refractivity contribution < 1.29 is 0 Å². The molecule has 3 rings (SSSR count). The summed E-state index contributed by atoms with van der Waals surface area (Å²) in [6.45, 7) is 4.53. The maximum Gasteiger partial charge on any atom is -0.0162 e. The number of hydrogen-bond donors (Lipinski definition) is 0. The normalized spacial score (nSPS) is 19.7. The molecule has 0 bridgehead atoms. The highest BCUT2D eigenvalue weighted by molar-refractivity contribution is 5.49. The van der Waals surface area contributed by atoms with Crippen LogP contribution in [0.4, 0.5) is 0 Å². The summed E-state index contributed by atoms with van der Waals surface area (Å²) < 4.78 is 0. The van der Waals surface area contributed by atoms with Gasteiger partial charge in [0.15, 0.2) is 0 Å². The van der Waals surface area contributed by atoms with Crippen LogP contribution in [0.5, 0.6) is 0 Å². The molecule has 0 nitrogen and oxygen atoms in total. The van der Waals surface area contributed by atoms with E-state index < -0.39 is 0 Å². The average molecular weight is 389 g/mol. The molecule has 0 heteroatoms. The fraction of sp³-hybridized carbons (Fsp3) is 0.517. The number of rotatable bonds is 10. The van der Waals surface area contributed by atoms with Gasteiger partial charge in [-0.1, -0.05) is 100 Å². The zero-order valence-corrected chi connectivity index (χ0v) is 18.7. The molecule has 2 aromatic carbocycles. The minimum absolute atomic E-state index is 0.801. The Balaban J connectivity index is 1.45. The Hall–Kier alpha value is -1.82. The lowest BCUT2D eigenvalue weighted by Crippen LogP contribution is -2.13. The Bertz CT molecular complexity index is 712. The molecule has 1 aliphatic carbocycles. The molecule has 1 saturated carbocycles. The van der Waals surface area contributed by atoms with E-state index in [1.54, 1.807) is 5.56 Å². The highest BCUT2D eigenvalue weighted by Gasteiger charge is 2.21. The number of benzene rings is 2. The van der Waals surface area contributed by atoms with Crippen molar-refractivity contribution in [2.45, 2.75) is 90.4 Å². The Morgan fingerprint density at radius 2 is 1.38 bits per heavy atom. The molecule has 0 aromatic heterocycles. The summed E-state index contributed by atoms with van der Waals surface area (Å²) in [7, 11) is 0. The van der Waals surface area contributed by atoms with Gasteiger partial charge in [-0.15, -0.1) is 0 Å². The van der Waals surface area contributed by atoms with E-state index in [0.29, 0.717) is 0 Å². The second-order valence-electron chi connectivity index (χ2n) is 9.03. The third-order valence-corrected chi connectivity index (χ3v) is 6.71. The first-order valence-electron chi connectivity index (χ1n) is 12.1. The standard InChI is InChI=1S/C29H40/c1-3-5-7-9-25-10-12-26(13-11-25)14-15-27-18-22-29(23-19-27)28-20-16-24(17-21-28)8-6-4-2/h7,9-13,18-19,22-24,28H,3-6,8,14-17,20-21H2,1-2H3. The van der Waals surface area contributed by atoms with Crippen molar-refractivity contribution in [3.8, 4) is 0 Å². The van der Waals surface area contributed by atoms with E-state index in [4.69, 9.17) is 0 Å². The van der Waals surface area contributed by atoms with Crippen LogP contribution in [0.1, 0.15) is 99.8 Å². The molecule has 0 saturated heterocycles. The quantitative estimate of drug-likeness (QED) is 0.381. The van der Waals surface area contributed by atoms with Gasteiger partial charge in [0, 0.05) is 0 Å². The van der Waals surface area contributed by atoms with Crippen molar-refractivity contribution in [3.05, 3.63) is 76.9 Å². The van der Waals surface area contributed by atoms with Crippen molar-refractivity contribution in [1.29, 1.82) is 0 Å². The lowest BCUT2D eigenvalue weighted by molar-refractivity contribution is 0.304. The summed E-state index contributed by atoms with van der Waals surface area (Å²) in [4.78, 5) is 0. The third kappa shape index (κ3) is 7.18. The van der Waals surface area contributed by atoms with Crippen LogP contribution in [0.15, 0.2) is 54.6 Å². The van der Waals surface area contributed by atoms with Crippen molar-refractivity contribution in [1.82, 2.24) is 0 Å². The fourth-order valence-corrected chi connectivity index (χ4v) is 4.70. The SMILES string of the molecule is CCCC=Cc1ccc(CCc2ccc(C3CCC(CCCC)CC3)cc2)cc1. The molecule has 0 N–H and O–H groups in total. The highest BCUT2D eigenvalue weighted by atomic mass is 14.3. The zero-order chi connectivity index (χ0) is 20.3. The van der Waals surface area contributed by atoms with E-state index in [0.717, 1.165) is 31.1 Å². The molecule has 0 amide bonds. The van der Waals surface area contributed by atoms with Crippen molar-refractivity contribution in [2.24, 2.45) is 5.92 Å². The fourth-order valence-electron chi connectivity index (χ4n) is 4.70. The predicted octanol–water partition coefficient (Wildman–Crippen LogP) is 8.75. The maximum atomic E-state index is 2.41. The number of hydrogen-bond acceptors (Lipinski definition) is 0. The van der Waals surface area contributed by atoms with Crippen LogP contribution >= 0.6 is 0 Å². The van der Waals surface area contributed by atoms with Crippen molar-refractivity contribution >= 4 is 6.08 Å². The Kier molecular flexibility index (Phi) is 9.06. The smallest absolute Gasteiger partial charge is 0.0162 e. The predicted molar refractivity (Wildman–Crippen MR) is 128 cm³/mol. The molecule has 0 radical (unpaired) electrons. The molecule has 0 aliphatic heterocycles. The first kappa shape index (κ1) is 21.9. The first-order chi connectivity index (χ1) is 14.3. The Labute approximate surface area is 179 Å². The molecular weight excluding hydrogens is 348 g/mol. The van der Waals surface area contributed by atoms with E-state index in [-0.39, 0.29) is 0 Å². The molecule has 1 fully saturated rings. The van der Waals surface area contributed by atoms with Crippen molar-refractivity contribution in [2.75, 3.05) is 0 Å². The topological polar surface area (TPSA) is 0 Å². The van der Waals surface area contributed by atoms with Gasteiger partial charge in [-0.05, 0) is 79.0 Å². The molecule has 0 heterocycles. The molecule has 0 unspecified atom stereocenters. The lowest BCUT2D eigenvalue weighted by atomic mass is 9.77. The van der Waals surface area contributed by atoms with Gasteiger partial charge in [-0.3, -0.25) is 0 Å². The Morgan fingerprint density at radius 3 is 1.97 bits per heavy atom. The van der Waals surface area contributed by atoms with E-state index in [9.17, 15) is 0 Å². The minimum atomic E-state index is 0.801. The molecule has 0 spiro atoms. The van der Waals surface area contributed by atoms with Crippen LogP contribution in [0.3, 0.4) is 0 Å². The van der Waals surface area contributed by atoms with Gasteiger partial charge < -0.3 is 0 Å². The highest BCUT2D eigenvalue weighted by Crippen LogP contribution is 2.37. The van der Waals surface area contributed by atoms with Crippen LogP contribution in [-0.2, 0) is 12.8 Å². The molecule has 29 heavy (non-hydrogen) atoms. The van der Waals surface area contributed by atoms with Gasteiger partial charge in [0.1, 0.15) is 0 Å². The van der Waals surface area contributed by atoms with Gasteiger partial charge >= 0.3 is 0 Å². The van der Waals surface area contributed by atoms with E-state index in [1.165, 1.54) is 68.1 Å². The molecule has 0 atom stereocenters. The van der Waals surface area contributed by atoms with Gasteiger partial charge in [0.25, 0.3) is 0 Å².